The predicted octanol–water partition coefficient (Wildman–Crippen LogP) is 6.77. The predicted molar refractivity (Wildman–Crippen MR) is 143 cm³/mol. The Balaban J connectivity index is 1.38. The second-order valence-electron chi connectivity index (χ2n) is 11.6. The Bertz CT molecular complexity index is 1330. The van der Waals surface area contributed by atoms with Crippen LogP contribution < -0.4 is 9.64 Å². The number of nitrogens with zero attached hydrogens (tertiary/aromatic N) is 3. The van der Waals surface area contributed by atoms with Crippen LogP contribution in [0.2, 0.25) is 25.7 Å². The molecule has 2 aromatic carbocycles. The van der Waals surface area contributed by atoms with Crippen molar-refractivity contribution in [2.75, 3.05) is 18.1 Å². The topological polar surface area (TPSA) is 56.6 Å². The van der Waals surface area contributed by atoms with Crippen molar-refractivity contribution in [3.63, 3.8) is 0 Å². The zero-order chi connectivity index (χ0) is 27.9. The Morgan fingerprint density at radius 3 is 2.44 bits per heavy atom. The number of ether oxygens (including phenoxy) is 2. The lowest BCUT2D eigenvalue weighted by Gasteiger charge is -2.48. The Labute approximate surface area is 225 Å². The van der Waals surface area contributed by atoms with Gasteiger partial charge in [0.15, 0.2) is 0 Å². The van der Waals surface area contributed by atoms with E-state index in [1.807, 2.05) is 10.6 Å². The number of benzene rings is 2. The van der Waals surface area contributed by atoms with Gasteiger partial charge in [0.1, 0.15) is 24.1 Å². The Kier molecular flexibility index (Phi) is 7.74. The highest BCUT2D eigenvalue weighted by Gasteiger charge is 2.56. The molecule has 1 aliphatic carbocycles. The molecular weight excluding hydrogens is 530 g/mol. The van der Waals surface area contributed by atoms with E-state index >= 15 is 8.78 Å². The minimum Gasteiger partial charge on any atom is -0.493 e. The number of imidazole rings is 1. The van der Waals surface area contributed by atoms with Gasteiger partial charge in [-0.3, -0.25) is 4.79 Å². The number of carbonyl (C=O) groups excluding carboxylic acids is 1. The average molecular weight is 564 g/mol. The van der Waals surface area contributed by atoms with Crippen LogP contribution in [0.3, 0.4) is 0 Å². The van der Waals surface area contributed by atoms with Gasteiger partial charge in [-0.2, -0.15) is 0 Å². The molecule has 1 aliphatic heterocycles. The number of β-lactam (4-membered cyclic amide) rings is 1. The van der Waals surface area contributed by atoms with Crippen LogP contribution in [0.15, 0.2) is 36.7 Å². The van der Waals surface area contributed by atoms with E-state index in [0.29, 0.717) is 24.5 Å². The molecule has 39 heavy (non-hydrogen) atoms. The van der Waals surface area contributed by atoms with Crippen LogP contribution in [0, 0.1) is 23.5 Å². The summed E-state index contributed by atoms with van der Waals surface area (Å²) in [7, 11) is -1.20. The van der Waals surface area contributed by atoms with Crippen molar-refractivity contribution in [3.05, 3.63) is 53.9 Å². The molecule has 2 atom stereocenters. The summed E-state index contributed by atoms with van der Waals surface area (Å²) in [6.45, 7) is 7.55. The molecule has 1 saturated heterocycles. The number of aromatic nitrogens is 2. The molecule has 1 aromatic heterocycles. The number of hydrogen-bond donors (Lipinski definition) is 0. The van der Waals surface area contributed by atoms with Crippen molar-refractivity contribution in [1.82, 2.24) is 9.55 Å². The van der Waals surface area contributed by atoms with Gasteiger partial charge in [-0.25, -0.2) is 22.5 Å². The number of rotatable bonds is 12. The molecule has 1 amide bonds. The number of hydrogen-bond acceptors (Lipinski definition) is 4. The zero-order valence-corrected chi connectivity index (χ0v) is 23.3. The van der Waals surface area contributed by atoms with Crippen LogP contribution in [0.5, 0.6) is 5.75 Å². The highest BCUT2D eigenvalue weighted by molar-refractivity contribution is 6.76. The van der Waals surface area contributed by atoms with Gasteiger partial charge in [0.25, 0.3) is 0 Å². The highest BCUT2D eigenvalue weighted by Crippen LogP contribution is 2.55. The molecule has 2 heterocycles. The van der Waals surface area contributed by atoms with E-state index in [1.54, 1.807) is 18.5 Å². The second kappa shape index (κ2) is 10.9. The van der Waals surface area contributed by atoms with Crippen molar-refractivity contribution in [2.24, 2.45) is 11.8 Å². The van der Waals surface area contributed by atoms with E-state index < -0.39 is 44.5 Å². The molecule has 0 N–H and O–H groups in total. The summed E-state index contributed by atoms with van der Waals surface area (Å²) >= 11 is 0. The van der Waals surface area contributed by atoms with Crippen molar-refractivity contribution in [2.45, 2.75) is 64.1 Å². The summed E-state index contributed by atoms with van der Waals surface area (Å²) in [5.74, 6) is -2.50. The second-order valence-corrected chi connectivity index (χ2v) is 17.2. The zero-order valence-electron chi connectivity index (χ0n) is 22.3. The fourth-order valence-electron chi connectivity index (χ4n) is 5.06. The van der Waals surface area contributed by atoms with E-state index in [9.17, 15) is 13.6 Å². The van der Waals surface area contributed by atoms with Crippen LogP contribution in [0.4, 0.5) is 23.2 Å². The molecule has 1 saturated carbocycles. The summed E-state index contributed by atoms with van der Waals surface area (Å²) in [4.78, 5) is 19.2. The molecule has 0 unspecified atom stereocenters. The van der Waals surface area contributed by atoms with E-state index in [1.165, 1.54) is 4.90 Å². The van der Waals surface area contributed by atoms with Gasteiger partial charge in [-0.15, -0.1) is 0 Å². The maximum atomic E-state index is 15.3. The standard InChI is InChI=1S/C28H33F4N3O3Si/c1-39(2,3)11-10-37-16-34-15-33-22-12-18(6-7-23(22)34)35-27(25(28(35)36)17-4-5-17)26-20(29)13-19(14-21(26)30)38-9-8-24(31)32/h6-7,12-15,17,24-25,27H,4-5,8-11,16H2,1-3H3/t25-,27-/m1/s1. The number of carbonyl (C=O) groups is 1. The summed E-state index contributed by atoms with van der Waals surface area (Å²) in [6.07, 6.45) is 0.235. The monoisotopic (exact) mass is 563 g/mol. The van der Waals surface area contributed by atoms with Gasteiger partial charge in [-0.1, -0.05) is 19.6 Å². The van der Waals surface area contributed by atoms with Crippen molar-refractivity contribution < 1.29 is 31.8 Å². The van der Waals surface area contributed by atoms with Crippen LogP contribution in [-0.4, -0.2) is 43.2 Å². The van der Waals surface area contributed by atoms with Crippen LogP contribution in [0.25, 0.3) is 11.0 Å². The third-order valence-corrected chi connectivity index (χ3v) is 9.04. The molecule has 2 aliphatic rings. The molecule has 5 rings (SSSR count). The highest BCUT2D eigenvalue weighted by atomic mass is 28.3. The summed E-state index contributed by atoms with van der Waals surface area (Å²) in [6, 6.07) is 7.59. The SMILES string of the molecule is C[Si](C)(C)CCOCn1cnc2cc(N3C(=O)[C@H](C4CC4)[C@@H]3c3c(F)cc(OCCC(F)F)cc3F)ccc21. The molecule has 11 heteroatoms. The Morgan fingerprint density at radius 1 is 1.08 bits per heavy atom. The Morgan fingerprint density at radius 2 is 1.79 bits per heavy atom. The first-order chi connectivity index (χ1) is 18.5. The molecule has 0 radical (unpaired) electrons. The van der Waals surface area contributed by atoms with Crippen LogP contribution in [-0.2, 0) is 16.3 Å². The number of fused-ring (bicyclic) bond motifs is 1. The Hall–Kier alpha value is -2.92. The first-order valence-corrected chi connectivity index (χ1v) is 17.0. The maximum absolute atomic E-state index is 15.3. The van der Waals surface area contributed by atoms with Gasteiger partial charge < -0.3 is 18.9 Å². The smallest absolute Gasteiger partial charge is 0.241 e. The third kappa shape index (κ3) is 5.98. The lowest BCUT2D eigenvalue weighted by atomic mass is 9.78. The molecule has 3 aromatic rings. The summed E-state index contributed by atoms with van der Waals surface area (Å²) in [5.41, 5.74) is 1.77. The molecule has 2 fully saturated rings. The lowest BCUT2D eigenvalue weighted by molar-refractivity contribution is -0.131. The molecule has 0 bridgehead atoms. The molecule has 0 spiro atoms. The fraction of sp³-hybridized carbons (Fsp3) is 0.500. The quantitative estimate of drug-likeness (QED) is 0.106. The third-order valence-electron chi connectivity index (χ3n) is 7.33. The van der Waals surface area contributed by atoms with Gasteiger partial charge in [0.05, 0.1) is 35.9 Å². The molecular formula is C28H33F4N3O3Si. The molecule has 210 valence electrons. The van der Waals surface area contributed by atoms with Crippen molar-refractivity contribution in [3.8, 4) is 5.75 Å². The summed E-state index contributed by atoms with van der Waals surface area (Å²) < 4.78 is 68.3. The summed E-state index contributed by atoms with van der Waals surface area (Å²) in [5, 5.41) is 0. The minimum absolute atomic E-state index is 0.0794. The largest absolute Gasteiger partial charge is 0.493 e. The maximum Gasteiger partial charge on any atom is 0.241 e. The van der Waals surface area contributed by atoms with Gasteiger partial charge in [-0.05, 0) is 43.0 Å². The van der Waals surface area contributed by atoms with E-state index in [2.05, 4.69) is 24.6 Å². The number of amides is 1. The van der Waals surface area contributed by atoms with E-state index in [-0.39, 0.29) is 29.7 Å². The number of anilines is 1. The van der Waals surface area contributed by atoms with E-state index in [4.69, 9.17) is 9.47 Å². The number of alkyl halides is 2. The first kappa shape index (κ1) is 27.6. The average Bonchev–Trinajstić information content (AvgIpc) is 3.58. The lowest BCUT2D eigenvalue weighted by Crippen LogP contribution is -2.56. The van der Waals surface area contributed by atoms with Gasteiger partial charge in [0, 0.05) is 44.5 Å². The van der Waals surface area contributed by atoms with Crippen molar-refractivity contribution >= 4 is 30.7 Å². The minimum atomic E-state index is -2.57. The van der Waals surface area contributed by atoms with Crippen molar-refractivity contribution in [1.29, 1.82) is 0 Å². The fourth-order valence-corrected chi connectivity index (χ4v) is 5.82. The van der Waals surface area contributed by atoms with Gasteiger partial charge >= 0.3 is 0 Å². The van der Waals surface area contributed by atoms with Gasteiger partial charge in [0.2, 0.25) is 12.3 Å². The van der Waals surface area contributed by atoms with Crippen LogP contribution >= 0.6 is 0 Å². The van der Waals surface area contributed by atoms with Crippen LogP contribution in [0.1, 0.15) is 30.9 Å². The first-order valence-electron chi connectivity index (χ1n) is 13.3. The molecule has 6 nitrogen and oxygen atoms in total. The number of halogens is 4. The normalized spacial score (nSPS) is 19.7. The van der Waals surface area contributed by atoms with E-state index in [0.717, 1.165) is 36.5 Å².